The molecule has 3 rings (SSSR count). The summed E-state index contributed by atoms with van der Waals surface area (Å²) in [6.07, 6.45) is 1.06. The number of benzene rings is 3. The summed E-state index contributed by atoms with van der Waals surface area (Å²) < 4.78 is 0. The van der Waals surface area contributed by atoms with Crippen molar-refractivity contribution in [1.29, 1.82) is 0 Å². The number of primary amides is 1. The van der Waals surface area contributed by atoms with Gasteiger partial charge in [0.25, 0.3) is 0 Å². The van der Waals surface area contributed by atoms with Crippen LogP contribution in [0.4, 0.5) is 0 Å². The van der Waals surface area contributed by atoms with Gasteiger partial charge in [-0.1, -0.05) is 71.0 Å². The monoisotopic (exact) mass is 459 g/mol. The van der Waals surface area contributed by atoms with Gasteiger partial charge < -0.3 is 5.73 Å². The normalized spacial score (nSPS) is 12.7. The van der Waals surface area contributed by atoms with Crippen LogP contribution in [0.3, 0.4) is 0 Å². The summed E-state index contributed by atoms with van der Waals surface area (Å²) >= 11 is 1.91. The predicted octanol–water partition coefficient (Wildman–Crippen LogP) is 8.25. The molecule has 0 aliphatic heterocycles. The molecule has 2 nitrogen and oxygen atoms in total. The predicted molar refractivity (Wildman–Crippen MR) is 143 cm³/mol. The van der Waals surface area contributed by atoms with E-state index in [9.17, 15) is 4.79 Å². The Hall–Kier alpha value is -2.52. The van der Waals surface area contributed by atoms with Crippen molar-refractivity contribution in [3.8, 4) is 11.1 Å². The van der Waals surface area contributed by atoms with Crippen molar-refractivity contribution in [2.75, 3.05) is 0 Å². The van der Waals surface area contributed by atoms with Gasteiger partial charge in [-0.3, -0.25) is 4.79 Å². The van der Waals surface area contributed by atoms with E-state index in [0.717, 1.165) is 6.42 Å². The molecular formula is C30H37NOS. The molecule has 3 heteroatoms. The number of thioether (sulfide) groups is 1. The van der Waals surface area contributed by atoms with Crippen molar-refractivity contribution in [3.63, 3.8) is 0 Å². The molecule has 1 unspecified atom stereocenters. The quantitative estimate of drug-likeness (QED) is 0.361. The van der Waals surface area contributed by atoms with Crippen molar-refractivity contribution in [1.82, 2.24) is 0 Å². The highest BCUT2D eigenvalue weighted by Crippen LogP contribution is 2.42. The first-order valence-corrected chi connectivity index (χ1v) is 12.6. The van der Waals surface area contributed by atoms with Gasteiger partial charge in [0.05, 0.1) is 0 Å². The molecule has 3 aromatic carbocycles. The molecule has 0 aliphatic carbocycles. The molecule has 33 heavy (non-hydrogen) atoms. The molecule has 174 valence electrons. The molecule has 3 aromatic rings. The highest BCUT2D eigenvalue weighted by Gasteiger charge is 2.18. The lowest BCUT2D eigenvalue weighted by Crippen LogP contribution is -2.11. The standard InChI is InChI=1S/C30H37NOS/c1-19(2)16-27(22-8-10-24(11-9-22)29(31)32)33-26-17-20(3)28(21(4)18-26)23-12-14-25(15-13-23)30(5,6)7/h8-15,17-19,27H,16H2,1-7H3,(H2,31,32). The van der Waals surface area contributed by atoms with Gasteiger partial charge in [0.2, 0.25) is 5.91 Å². The van der Waals surface area contributed by atoms with E-state index in [1.165, 1.54) is 38.3 Å². The molecule has 0 heterocycles. The maximum atomic E-state index is 11.5. The zero-order valence-corrected chi connectivity index (χ0v) is 21.8. The fraction of sp³-hybridized carbons (Fsp3) is 0.367. The molecule has 0 saturated carbocycles. The summed E-state index contributed by atoms with van der Waals surface area (Å²) in [5, 5.41) is 0.322. The fourth-order valence-corrected chi connectivity index (χ4v) is 5.88. The Bertz CT molecular complexity index is 1080. The molecule has 0 fully saturated rings. The number of rotatable bonds is 7. The first kappa shape index (κ1) is 25.1. The lowest BCUT2D eigenvalue weighted by molar-refractivity contribution is 0.100. The lowest BCUT2D eigenvalue weighted by Gasteiger charge is -2.22. The van der Waals surface area contributed by atoms with Crippen LogP contribution in [0.5, 0.6) is 0 Å². The third kappa shape index (κ3) is 6.29. The minimum atomic E-state index is -0.382. The topological polar surface area (TPSA) is 43.1 Å². The van der Waals surface area contributed by atoms with E-state index in [0.29, 0.717) is 16.7 Å². The van der Waals surface area contributed by atoms with Gasteiger partial charge in [-0.25, -0.2) is 0 Å². The molecule has 0 saturated heterocycles. The summed E-state index contributed by atoms with van der Waals surface area (Å²) in [7, 11) is 0. The average Bonchev–Trinajstić information content (AvgIpc) is 2.72. The van der Waals surface area contributed by atoms with Crippen LogP contribution in [0.15, 0.2) is 65.6 Å². The van der Waals surface area contributed by atoms with Gasteiger partial charge >= 0.3 is 0 Å². The smallest absolute Gasteiger partial charge is 0.248 e. The minimum Gasteiger partial charge on any atom is -0.366 e. The summed E-state index contributed by atoms with van der Waals surface area (Å²) in [5.74, 6) is 0.188. The van der Waals surface area contributed by atoms with Crippen LogP contribution in [-0.2, 0) is 5.41 Å². The van der Waals surface area contributed by atoms with Gasteiger partial charge in [-0.05, 0) is 89.2 Å². The maximum Gasteiger partial charge on any atom is 0.248 e. The van der Waals surface area contributed by atoms with Gasteiger partial charge in [0, 0.05) is 15.7 Å². The van der Waals surface area contributed by atoms with Crippen molar-refractivity contribution in [3.05, 3.63) is 88.5 Å². The third-order valence-electron chi connectivity index (χ3n) is 6.08. The van der Waals surface area contributed by atoms with E-state index in [1.807, 2.05) is 36.0 Å². The van der Waals surface area contributed by atoms with E-state index in [-0.39, 0.29) is 11.3 Å². The second-order valence-corrected chi connectivity index (χ2v) is 11.8. The molecule has 0 aromatic heterocycles. The number of carbonyl (C=O) groups excluding carboxylic acids is 1. The third-order valence-corrected chi connectivity index (χ3v) is 7.33. The van der Waals surface area contributed by atoms with E-state index >= 15 is 0 Å². The van der Waals surface area contributed by atoms with Gasteiger partial charge in [0.15, 0.2) is 0 Å². The zero-order chi connectivity index (χ0) is 24.3. The van der Waals surface area contributed by atoms with Gasteiger partial charge in [-0.2, -0.15) is 0 Å². The highest BCUT2D eigenvalue weighted by molar-refractivity contribution is 7.99. The first-order chi connectivity index (χ1) is 15.5. The van der Waals surface area contributed by atoms with Crippen LogP contribution >= 0.6 is 11.8 Å². The summed E-state index contributed by atoms with van der Waals surface area (Å²) in [6, 6.07) is 21.4. The summed E-state index contributed by atoms with van der Waals surface area (Å²) in [4.78, 5) is 12.7. The molecule has 2 N–H and O–H groups in total. The van der Waals surface area contributed by atoms with Crippen molar-refractivity contribution in [2.45, 2.75) is 70.4 Å². The minimum absolute atomic E-state index is 0.157. The molecule has 0 bridgehead atoms. The highest BCUT2D eigenvalue weighted by atomic mass is 32.2. The van der Waals surface area contributed by atoms with Gasteiger partial charge in [0.1, 0.15) is 0 Å². The van der Waals surface area contributed by atoms with E-state index in [1.54, 1.807) is 0 Å². The molecule has 0 aliphatic rings. The zero-order valence-electron chi connectivity index (χ0n) is 21.0. The Morgan fingerprint density at radius 1 is 0.909 bits per heavy atom. The van der Waals surface area contributed by atoms with E-state index in [2.05, 4.69) is 84.9 Å². The number of nitrogens with two attached hydrogens (primary N) is 1. The molecular weight excluding hydrogens is 422 g/mol. The Morgan fingerprint density at radius 2 is 1.45 bits per heavy atom. The SMILES string of the molecule is Cc1cc(SC(CC(C)C)c2ccc(C(N)=O)cc2)cc(C)c1-c1ccc(C(C)(C)C)cc1. The molecule has 0 radical (unpaired) electrons. The molecule has 0 spiro atoms. The van der Waals surface area contributed by atoms with Crippen molar-refractivity contribution < 1.29 is 4.79 Å². The fourth-order valence-electron chi connectivity index (χ4n) is 4.29. The Kier molecular flexibility index (Phi) is 7.74. The van der Waals surface area contributed by atoms with Gasteiger partial charge in [-0.15, -0.1) is 11.8 Å². The van der Waals surface area contributed by atoms with E-state index in [4.69, 9.17) is 5.73 Å². The van der Waals surface area contributed by atoms with Crippen LogP contribution in [0, 0.1) is 19.8 Å². The number of carbonyl (C=O) groups is 1. The second-order valence-electron chi connectivity index (χ2n) is 10.5. The van der Waals surface area contributed by atoms with Crippen molar-refractivity contribution in [2.24, 2.45) is 11.7 Å². The van der Waals surface area contributed by atoms with Crippen LogP contribution < -0.4 is 5.73 Å². The number of hydrogen-bond donors (Lipinski definition) is 1. The van der Waals surface area contributed by atoms with Crippen molar-refractivity contribution >= 4 is 17.7 Å². The second kappa shape index (κ2) is 10.2. The first-order valence-electron chi connectivity index (χ1n) is 11.7. The maximum absolute atomic E-state index is 11.5. The number of aryl methyl sites for hydroxylation is 2. The molecule has 1 atom stereocenters. The summed E-state index contributed by atoms with van der Waals surface area (Å²) in [5.41, 5.74) is 13.9. The summed E-state index contributed by atoms with van der Waals surface area (Å²) in [6.45, 7) is 15.7. The van der Waals surface area contributed by atoms with Crippen LogP contribution in [0.25, 0.3) is 11.1 Å². The molecule has 1 amide bonds. The largest absolute Gasteiger partial charge is 0.366 e. The lowest BCUT2D eigenvalue weighted by atomic mass is 9.85. The van der Waals surface area contributed by atoms with Crippen LogP contribution in [-0.4, -0.2) is 5.91 Å². The Balaban J connectivity index is 1.90. The Labute approximate surface area is 204 Å². The average molecular weight is 460 g/mol. The van der Waals surface area contributed by atoms with Crippen LogP contribution in [0.2, 0.25) is 0 Å². The number of hydrogen-bond acceptors (Lipinski definition) is 2. The van der Waals surface area contributed by atoms with E-state index < -0.39 is 0 Å². The number of amides is 1. The Morgan fingerprint density at radius 3 is 1.91 bits per heavy atom. The van der Waals surface area contributed by atoms with Crippen LogP contribution in [0.1, 0.15) is 78.9 Å².